The van der Waals surface area contributed by atoms with Crippen LogP contribution in [0.1, 0.15) is 18.2 Å². The molecule has 2 aromatic carbocycles. The number of amides is 3. The van der Waals surface area contributed by atoms with E-state index in [9.17, 15) is 14.4 Å². The first-order chi connectivity index (χ1) is 16.0. The zero-order chi connectivity index (χ0) is 22.9. The molecule has 1 saturated heterocycles. The second-order valence-corrected chi connectivity index (χ2v) is 7.96. The Kier molecular flexibility index (Phi) is 5.29. The smallest absolute Gasteiger partial charge is 0.268 e. The molecule has 1 atom stereocenters. The number of piperazine rings is 1. The largest absolute Gasteiger partial charge is 0.494 e. The van der Waals surface area contributed by atoms with Crippen LogP contribution in [0.5, 0.6) is 5.75 Å². The lowest BCUT2D eigenvalue weighted by Crippen LogP contribution is -2.60. The number of rotatable bonds is 5. The maximum atomic E-state index is 13.1. The highest BCUT2D eigenvalue weighted by atomic mass is 16.5. The SMILES string of the molecule is CCOc1ccc(NC(=O)C=NN2CC(=O)N3Cc4[nH]c5ccccc5c4C[C@H]3C2=O)cc1. The summed E-state index contributed by atoms with van der Waals surface area (Å²) >= 11 is 0. The van der Waals surface area contributed by atoms with Crippen LogP contribution in [0.4, 0.5) is 5.69 Å². The summed E-state index contributed by atoms with van der Waals surface area (Å²) in [5.41, 5.74) is 3.57. The van der Waals surface area contributed by atoms with Crippen molar-refractivity contribution in [3.8, 4) is 5.75 Å². The maximum Gasteiger partial charge on any atom is 0.268 e. The van der Waals surface area contributed by atoms with Crippen LogP contribution in [0, 0.1) is 0 Å². The third kappa shape index (κ3) is 3.93. The standard InChI is InChI=1S/C24H23N5O4/c1-2-33-16-9-7-15(8-10-16)26-22(30)12-25-29-14-23(31)28-13-20-18(11-21(28)24(29)32)17-5-3-4-6-19(17)27-20/h3-10,12,21,27H,2,11,13-14H2,1H3,(H,26,30)/t21-/m0/s1. The molecule has 5 rings (SSSR count). The molecular formula is C24H23N5O4. The third-order valence-corrected chi connectivity index (χ3v) is 5.90. The van der Waals surface area contributed by atoms with Crippen LogP contribution in [0.2, 0.25) is 0 Å². The summed E-state index contributed by atoms with van der Waals surface area (Å²) in [6.45, 7) is 2.61. The minimum atomic E-state index is -0.635. The third-order valence-electron chi connectivity index (χ3n) is 5.90. The normalized spacial score (nSPS) is 17.9. The predicted molar refractivity (Wildman–Crippen MR) is 123 cm³/mol. The Balaban J connectivity index is 1.29. The van der Waals surface area contributed by atoms with Crippen LogP contribution in [0.15, 0.2) is 53.6 Å². The van der Waals surface area contributed by atoms with Crippen molar-refractivity contribution in [1.82, 2.24) is 14.9 Å². The molecule has 0 aliphatic carbocycles. The average Bonchev–Trinajstić information content (AvgIpc) is 3.19. The molecule has 0 bridgehead atoms. The summed E-state index contributed by atoms with van der Waals surface area (Å²) in [5.74, 6) is -0.287. The lowest BCUT2D eigenvalue weighted by Gasteiger charge is -2.40. The van der Waals surface area contributed by atoms with Crippen molar-refractivity contribution in [3.05, 3.63) is 59.8 Å². The first kappa shape index (κ1) is 20.7. The number of hydrazone groups is 1. The van der Waals surface area contributed by atoms with E-state index in [1.807, 2.05) is 31.2 Å². The van der Waals surface area contributed by atoms with Gasteiger partial charge in [-0.25, -0.2) is 5.01 Å². The van der Waals surface area contributed by atoms with Crippen molar-refractivity contribution in [3.63, 3.8) is 0 Å². The van der Waals surface area contributed by atoms with Gasteiger partial charge in [-0.1, -0.05) is 18.2 Å². The van der Waals surface area contributed by atoms with Crippen LogP contribution in [0.25, 0.3) is 10.9 Å². The summed E-state index contributed by atoms with van der Waals surface area (Å²) in [4.78, 5) is 43.1. The van der Waals surface area contributed by atoms with Crippen LogP contribution in [-0.4, -0.2) is 58.0 Å². The van der Waals surface area contributed by atoms with Gasteiger partial charge in [0, 0.05) is 28.7 Å². The number of para-hydroxylation sites is 1. The Morgan fingerprint density at radius 1 is 1.18 bits per heavy atom. The zero-order valence-electron chi connectivity index (χ0n) is 18.1. The summed E-state index contributed by atoms with van der Waals surface area (Å²) in [5, 5.41) is 8.85. The van der Waals surface area contributed by atoms with Gasteiger partial charge < -0.3 is 19.9 Å². The number of benzene rings is 2. The molecule has 2 aliphatic rings. The number of fused-ring (bicyclic) bond motifs is 4. The first-order valence-corrected chi connectivity index (χ1v) is 10.8. The van der Waals surface area contributed by atoms with Gasteiger partial charge in [0.1, 0.15) is 24.6 Å². The highest BCUT2D eigenvalue weighted by Gasteiger charge is 2.43. The second kappa shape index (κ2) is 8.42. The summed E-state index contributed by atoms with van der Waals surface area (Å²) < 4.78 is 5.38. The molecule has 2 aliphatic heterocycles. The molecule has 0 radical (unpaired) electrons. The number of carbonyl (C=O) groups excluding carboxylic acids is 3. The number of ether oxygens (including phenoxy) is 1. The van der Waals surface area contributed by atoms with Crippen molar-refractivity contribution in [2.45, 2.75) is 25.9 Å². The van der Waals surface area contributed by atoms with Crippen LogP contribution >= 0.6 is 0 Å². The number of nitrogens with zero attached hydrogens (tertiary/aromatic N) is 3. The Morgan fingerprint density at radius 3 is 2.76 bits per heavy atom. The fourth-order valence-electron chi connectivity index (χ4n) is 4.36. The fraction of sp³-hybridized carbons (Fsp3) is 0.250. The number of nitrogens with one attached hydrogen (secondary N) is 2. The highest BCUT2D eigenvalue weighted by Crippen LogP contribution is 2.32. The molecule has 9 nitrogen and oxygen atoms in total. The minimum absolute atomic E-state index is 0.197. The summed E-state index contributed by atoms with van der Waals surface area (Å²) in [6.07, 6.45) is 1.44. The molecule has 3 heterocycles. The molecule has 1 fully saturated rings. The fourth-order valence-corrected chi connectivity index (χ4v) is 4.36. The van der Waals surface area contributed by atoms with E-state index in [1.165, 1.54) is 0 Å². The van der Waals surface area contributed by atoms with Crippen LogP contribution < -0.4 is 10.1 Å². The Labute approximate surface area is 190 Å². The van der Waals surface area contributed by atoms with Crippen molar-refractivity contribution < 1.29 is 19.1 Å². The number of H-pyrrole nitrogens is 1. The number of hydrogen-bond acceptors (Lipinski definition) is 5. The maximum absolute atomic E-state index is 13.1. The Bertz CT molecular complexity index is 1260. The molecule has 1 aromatic heterocycles. The summed E-state index contributed by atoms with van der Waals surface area (Å²) in [7, 11) is 0. The number of carbonyl (C=O) groups is 3. The lowest BCUT2D eigenvalue weighted by molar-refractivity contribution is -0.157. The number of hydrogen-bond donors (Lipinski definition) is 2. The van der Waals surface area contributed by atoms with Gasteiger partial charge in [0.15, 0.2) is 0 Å². The number of aromatic amines is 1. The van der Waals surface area contributed by atoms with Gasteiger partial charge in [0.05, 0.1) is 13.2 Å². The van der Waals surface area contributed by atoms with Gasteiger partial charge in [-0.3, -0.25) is 14.4 Å². The van der Waals surface area contributed by atoms with Gasteiger partial charge in [-0.15, -0.1) is 0 Å². The molecule has 0 spiro atoms. The molecule has 168 valence electrons. The Hall–Kier alpha value is -4.14. The van der Waals surface area contributed by atoms with E-state index in [0.29, 0.717) is 31.0 Å². The van der Waals surface area contributed by atoms with Crippen LogP contribution in [-0.2, 0) is 27.3 Å². The molecule has 0 unspecified atom stereocenters. The van der Waals surface area contributed by atoms with Gasteiger partial charge in [0.25, 0.3) is 11.8 Å². The highest BCUT2D eigenvalue weighted by molar-refractivity contribution is 6.31. The minimum Gasteiger partial charge on any atom is -0.494 e. The van der Waals surface area contributed by atoms with E-state index in [4.69, 9.17) is 4.74 Å². The molecule has 2 N–H and O–H groups in total. The van der Waals surface area contributed by atoms with Crippen molar-refractivity contribution in [2.75, 3.05) is 18.5 Å². The Morgan fingerprint density at radius 2 is 1.97 bits per heavy atom. The van der Waals surface area contributed by atoms with Gasteiger partial charge in [-0.2, -0.15) is 5.10 Å². The molecule has 0 saturated carbocycles. The quantitative estimate of drug-likeness (QED) is 0.588. The van der Waals surface area contributed by atoms with Crippen molar-refractivity contribution in [2.24, 2.45) is 5.10 Å². The monoisotopic (exact) mass is 445 g/mol. The van der Waals surface area contributed by atoms with Crippen LogP contribution in [0.3, 0.4) is 0 Å². The van der Waals surface area contributed by atoms with E-state index in [-0.39, 0.29) is 18.4 Å². The van der Waals surface area contributed by atoms with E-state index < -0.39 is 11.9 Å². The second-order valence-electron chi connectivity index (χ2n) is 7.96. The van der Waals surface area contributed by atoms with E-state index >= 15 is 0 Å². The molecule has 3 amide bonds. The summed E-state index contributed by atoms with van der Waals surface area (Å²) in [6, 6.07) is 14.2. The van der Waals surface area contributed by atoms with Gasteiger partial charge in [-0.05, 0) is 42.8 Å². The van der Waals surface area contributed by atoms with Gasteiger partial charge in [0.2, 0.25) is 5.91 Å². The van der Waals surface area contributed by atoms with Crippen molar-refractivity contribution >= 4 is 40.5 Å². The zero-order valence-corrected chi connectivity index (χ0v) is 18.1. The van der Waals surface area contributed by atoms with Gasteiger partial charge >= 0.3 is 0 Å². The molecule has 9 heteroatoms. The first-order valence-electron chi connectivity index (χ1n) is 10.8. The van der Waals surface area contributed by atoms with E-state index in [1.54, 1.807) is 29.2 Å². The molecule has 3 aromatic rings. The number of aromatic nitrogens is 1. The predicted octanol–water partition coefficient (Wildman–Crippen LogP) is 2.29. The molecular weight excluding hydrogens is 422 g/mol. The number of anilines is 1. The van der Waals surface area contributed by atoms with Crippen molar-refractivity contribution in [1.29, 1.82) is 0 Å². The van der Waals surface area contributed by atoms with E-state index in [0.717, 1.165) is 33.4 Å². The topological polar surface area (TPSA) is 107 Å². The lowest BCUT2D eigenvalue weighted by atomic mass is 9.94. The molecule has 33 heavy (non-hydrogen) atoms. The average molecular weight is 445 g/mol. The van der Waals surface area contributed by atoms with E-state index in [2.05, 4.69) is 15.4 Å².